The van der Waals surface area contributed by atoms with Gasteiger partial charge in [-0.2, -0.15) is 0 Å². The summed E-state index contributed by atoms with van der Waals surface area (Å²) in [5, 5.41) is 0. The van der Waals surface area contributed by atoms with Crippen LogP contribution in [0.1, 0.15) is 258 Å². The van der Waals surface area contributed by atoms with Crippen molar-refractivity contribution in [1.82, 2.24) is 0 Å². The van der Waals surface area contributed by atoms with Crippen LogP contribution in [0.4, 0.5) is 0 Å². The molecule has 1 unspecified atom stereocenters. The molecule has 0 saturated carbocycles. The second-order valence-electron chi connectivity index (χ2n) is 16.0. The third-order valence-corrected chi connectivity index (χ3v) is 10.5. The summed E-state index contributed by atoms with van der Waals surface area (Å²) in [6, 6.07) is 0. The molecular weight excluding hydrogens is 673 g/mol. The zero-order valence-electron chi connectivity index (χ0n) is 36.3. The van der Waals surface area contributed by atoms with Gasteiger partial charge in [-0.3, -0.25) is 14.4 Å². The van der Waals surface area contributed by atoms with E-state index >= 15 is 0 Å². The van der Waals surface area contributed by atoms with Crippen LogP contribution >= 0.6 is 0 Å². The van der Waals surface area contributed by atoms with Crippen LogP contribution in [0, 0.1) is 0 Å². The predicted octanol–water partition coefficient (Wildman–Crippen LogP) is 15.0. The van der Waals surface area contributed by atoms with Crippen molar-refractivity contribution in [2.45, 2.75) is 264 Å². The van der Waals surface area contributed by atoms with Crippen LogP contribution in [-0.4, -0.2) is 37.2 Å². The highest BCUT2D eigenvalue weighted by Gasteiger charge is 2.19. The van der Waals surface area contributed by atoms with Gasteiger partial charge in [0.25, 0.3) is 0 Å². The molecule has 318 valence electrons. The molecule has 0 aromatic heterocycles. The fourth-order valence-corrected chi connectivity index (χ4v) is 6.92. The van der Waals surface area contributed by atoms with Crippen molar-refractivity contribution < 1.29 is 28.6 Å². The lowest BCUT2D eigenvalue weighted by atomic mass is 10.0. The van der Waals surface area contributed by atoms with Crippen LogP contribution < -0.4 is 0 Å². The van der Waals surface area contributed by atoms with Crippen LogP contribution in [0.5, 0.6) is 0 Å². The summed E-state index contributed by atoms with van der Waals surface area (Å²) in [6.45, 7) is 6.58. The van der Waals surface area contributed by atoms with E-state index in [-0.39, 0.29) is 31.1 Å². The summed E-state index contributed by atoms with van der Waals surface area (Å²) >= 11 is 0. The number of rotatable bonds is 43. The molecule has 0 N–H and O–H groups in total. The highest BCUT2D eigenvalue weighted by molar-refractivity contribution is 5.71. The SMILES string of the molecule is CCC/C=C\CCCCCCCC(=O)OCC(COC(=O)CCCCCCCCCCCCCCCC)OC(=O)CCCCCCCCCCCCCC. The highest BCUT2D eigenvalue weighted by Crippen LogP contribution is 2.16. The van der Waals surface area contributed by atoms with Crippen LogP contribution in [0.3, 0.4) is 0 Å². The summed E-state index contributed by atoms with van der Waals surface area (Å²) in [7, 11) is 0. The van der Waals surface area contributed by atoms with Gasteiger partial charge in [0, 0.05) is 19.3 Å². The largest absolute Gasteiger partial charge is 0.462 e. The van der Waals surface area contributed by atoms with Gasteiger partial charge in [-0.15, -0.1) is 0 Å². The zero-order valence-corrected chi connectivity index (χ0v) is 36.3. The van der Waals surface area contributed by atoms with E-state index in [1.54, 1.807) is 0 Å². The second-order valence-corrected chi connectivity index (χ2v) is 16.0. The minimum atomic E-state index is -0.764. The molecule has 6 nitrogen and oxygen atoms in total. The monoisotopic (exact) mass is 763 g/mol. The van der Waals surface area contributed by atoms with Crippen LogP contribution in [-0.2, 0) is 28.6 Å². The summed E-state index contributed by atoms with van der Waals surface area (Å²) in [6.07, 6.45) is 46.2. The van der Waals surface area contributed by atoms with E-state index in [2.05, 4.69) is 32.9 Å². The van der Waals surface area contributed by atoms with Gasteiger partial charge in [-0.1, -0.05) is 213 Å². The van der Waals surface area contributed by atoms with Gasteiger partial charge in [0.1, 0.15) is 13.2 Å². The third kappa shape index (κ3) is 41.3. The molecule has 6 heteroatoms. The average Bonchev–Trinajstić information content (AvgIpc) is 3.17. The molecule has 0 aliphatic rings. The molecule has 0 aromatic carbocycles. The van der Waals surface area contributed by atoms with Crippen LogP contribution in [0.25, 0.3) is 0 Å². The summed E-state index contributed by atoms with van der Waals surface area (Å²) in [5.74, 6) is -0.868. The van der Waals surface area contributed by atoms with E-state index in [9.17, 15) is 14.4 Å². The molecule has 0 amide bonds. The summed E-state index contributed by atoms with van der Waals surface area (Å²) in [5.41, 5.74) is 0. The topological polar surface area (TPSA) is 78.9 Å². The number of hydrogen-bond donors (Lipinski definition) is 0. The lowest BCUT2D eigenvalue weighted by molar-refractivity contribution is -0.167. The molecule has 0 radical (unpaired) electrons. The first kappa shape index (κ1) is 52.2. The molecule has 0 heterocycles. The Morgan fingerprint density at radius 3 is 1.00 bits per heavy atom. The first-order chi connectivity index (χ1) is 26.5. The van der Waals surface area contributed by atoms with Gasteiger partial charge in [-0.25, -0.2) is 0 Å². The summed E-state index contributed by atoms with van der Waals surface area (Å²) < 4.78 is 16.7. The molecule has 1 atom stereocenters. The van der Waals surface area contributed by atoms with Gasteiger partial charge in [0.05, 0.1) is 0 Å². The van der Waals surface area contributed by atoms with E-state index in [0.29, 0.717) is 19.3 Å². The van der Waals surface area contributed by atoms with Crippen LogP contribution in [0.15, 0.2) is 12.2 Å². The molecule has 0 rings (SSSR count). The lowest BCUT2D eigenvalue weighted by Gasteiger charge is -2.18. The minimum Gasteiger partial charge on any atom is -0.462 e. The molecule has 0 aliphatic heterocycles. The van der Waals surface area contributed by atoms with Gasteiger partial charge >= 0.3 is 17.9 Å². The van der Waals surface area contributed by atoms with E-state index in [1.165, 1.54) is 148 Å². The number of carbonyl (C=O) groups is 3. The Labute approximate surface area is 335 Å². The number of hydrogen-bond acceptors (Lipinski definition) is 6. The fourth-order valence-electron chi connectivity index (χ4n) is 6.92. The van der Waals surface area contributed by atoms with Gasteiger partial charge in [0.2, 0.25) is 0 Å². The molecule has 0 aromatic rings. The second kappa shape index (κ2) is 43.9. The molecular formula is C48H90O6. The predicted molar refractivity (Wildman–Crippen MR) is 229 cm³/mol. The maximum absolute atomic E-state index is 12.7. The number of unbranched alkanes of at least 4 members (excludes halogenated alkanes) is 30. The molecule has 0 fully saturated rings. The lowest BCUT2D eigenvalue weighted by Crippen LogP contribution is -2.30. The van der Waals surface area contributed by atoms with Crippen LogP contribution in [0.2, 0.25) is 0 Å². The van der Waals surface area contributed by atoms with Crippen molar-refractivity contribution in [3.63, 3.8) is 0 Å². The van der Waals surface area contributed by atoms with E-state index < -0.39 is 6.10 Å². The maximum atomic E-state index is 12.7. The van der Waals surface area contributed by atoms with Gasteiger partial charge < -0.3 is 14.2 Å². The summed E-state index contributed by atoms with van der Waals surface area (Å²) in [4.78, 5) is 37.7. The number of ether oxygens (including phenoxy) is 3. The van der Waals surface area contributed by atoms with Crippen molar-refractivity contribution in [2.75, 3.05) is 13.2 Å². The Balaban J connectivity index is 4.32. The van der Waals surface area contributed by atoms with Crippen molar-refractivity contribution in [3.05, 3.63) is 12.2 Å². The Bertz CT molecular complexity index is 839. The molecule has 54 heavy (non-hydrogen) atoms. The van der Waals surface area contributed by atoms with Crippen molar-refractivity contribution in [1.29, 1.82) is 0 Å². The molecule has 0 saturated heterocycles. The Morgan fingerprint density at radius 2 is 0.648 bits per heavy atom. The molecule has 0 aliphatic carbocycles. The molecule has 0 spiro atoms. The first-order valence-corrected chi connectivity index (χ1v) is 23.7. The standard InChI is InChI=1S/C48H90O6/c1-4-7-10-13-16-19-22-24-25-27-29-32-35-38-41-47(50)53-44-45(43-52-46(49)40-37-34-31-28-21-18-15-12-9-6-3)54-48(51)42-39-36-33-30-26-23-20-17-14-11-8-5-2/h12,15,45H,4-11,13-14,16-44H2,1-3H3/b15-12-. The highest BCUT2D eigenvalue weighted by atomic mass is 16.6. The van der Waals surface area contributed by atoms with Crippen molar-refractivity contribution in [3.8, 4) is 0 Å². The quantitative estimate of drug-likeness (QED) is 0.0266. The average molecular weight is 763 g/mol. The molecule has 0 bridgehead atoms. The van der Waals surface area contributed by atoms with E-state index in [1.807, 2.05) is 0 Å². The Kier molecular flexibility index (Phi) is 42.4. The number of carbonyl (C=O) groups excluding carboxylic acids is 3. The van der Waals surface area contributed by atoms with Gasteiger partial charge in [0.15, 0.2) is 6.10 Å². The zero-order chi connectivity index (χ0) is 39.4. The smallest absolute Gasteiger partial charge is 0.306 e. The Morgan fingerprint density at radius 1 is 0.352 bits per heavy atom. The van der Waals surface area contributed by atoms with Crippen molar-refractivity contribution in [2.24, 2.45) is 0 Å². The Hall–Kier alpha value is -1.85. The number of esters is 3. The van der Waals surface area contributed by atoms with Crippen molar-refractivity contribution >= 4 is 17.9 Å². The fraction of sp³-hybridized carbons (Fsp3) is 0.896. The van der Waals surface area contributed by atoms with E-state index in [0.717, 1.165) is 70.6 Å². The number of allylic oxidation sites excluding steroid dienone is 2. The third-order valence-electron chi connectivity index (χ3n) is 10.5. The first-order valence-electron chi connectivity index (χ1n) is 23.7. The normalized spacial score (nSPS) is 12.0. The van der Waals surface area contributed by atoms with Gasteiger partial charge in [-0.05, 0) is 38.5 Å². The maximum Gasteiger partial charge on any atom is 0.306 e. The van der Waals surface area contributed by atoms with E-state index in [4.69, 9.17) is 14.2 Å². The minimum absolute atomic E-state index is 0.0679.